The van der Waals surface area contributed by atoms with Crippen molar-refractivity contribution in [2.24, 2.45) is 0 Å². The number of hydrogen-bond acceptors (Lipinski definition) is 5. The van der Waals surface area contributed by atoms with E-state index in [9.17, 15) is 4.79 Å². The molecular formula is C18H28N2O3S2Si. The van der Waals surface area contributed by atoms with E-state index in [1.807, 2.05) is 5.38 Å². The van der Waals surface area contributed by atoms with Crippen LogP contribution in [0.15, 0.2) is 24.1 Å². The number of aromatic nitrogens is 1. The monoisotopic (exact) mass is 412 g/mol. The lowest BCUT2D eigenvalue weighted by Gasteiger charge is -2.37. The lowest BCUT2D eigenvalue weighted by atomic mass is 10.2. The van der Waals surface area contributed by atoms with Gasteiger partial charge in [-0.05, 0) is 35.9 Å². The van der Waals surface area contributed by atoms with Crippen molar-refractivity contribution < 1.29 is 14.0 Å². The van der Waals surface area contributed by atoms with Crippen molar-refractivity contribution in [2.45, 2.75) is 44.9 Å². The summed E-state index contributed by atoms with van der Waals surface area (Å²) >= 11 is 6.66. The van der Waals surface area contributed by atoms with Crippen LogP contribution in [-0.4, -0.2) is 50.1 Å². The fraction of sp³-hybridized carbons (Fsp3) is 0.556. The highest BCUT2D eigenvalue weighted by Crippen LogP contribution is 2.37. The van der Waals surface area contributed by atoms with E-state index in [0.29, 0.717) is 13.2 Å². The number of amides is 1. The van der Waals surface area contributed by atoms with Crippen LogP contribution >= 0.6 is 23.6 Å². The summed E-state index contributed by atoms with van der Waals surface area (Å²) in [4.78, 5) is 17.4. The van der Waals surface area contributed by atoms with Crippen molar-refractivity contribution >= 4 is 43.5 Å². The predicted molar refractivity (Wildman–Crippen MR) is 113 cm³/mol. The largest absolute Gasteiger partial charge is 0.445 e. The van der Waals surface area contributed by atoms with Gasteiger partial charge in [0.15, 0.2) is 12.3 Å². The molecule has 0 fully saturated rings. The second kappa shape index (κ2) is 8.20. The Kier molecular flexibility index (Phi) is 6.65. The van der Waals surface area contributed by atoms with Gasteiger partial charge in [0.25, 0.3) is 0 Å². The molecule has 2 heterocycles. The van der Waals surface area contributed by atoms with Crippen molar-refractivity contribution in [1.82, 2.24) is 9.88 Å². The molecule has 1 aromatic heterocycles. The maximum absolute atomic E-state index is 12.5. The number of carbonyl (C=O) groups is 1. The zero-order valence-electron chi connectivity index (χ0n) is 16.1. The van der Waals surface area contributed by atoms with E-state index in [1.165, 1.54) is 11.3 Å². The Bertz CT molecular complexity index is 746. The SMILES string of the molecule is C=CCOC(=O)N1CC(c2csc(=S)[nH]2)=C[C@@H]1CO[Si](C)(C)C(C)(C)C. The smallest absolute Gasteiger partial charge is 0.410 e. The molecule has 1 N–H and O–H groups in total. The molecule has 0 saturated heterocycles. The van der Waals surface area contributed by atoms with Crippen molar-refractivity contribution in [3.8, 4) is 0 Å². The van der Waals surface area contributed by atoms with E-state index in [1.54, 1.807) is 11.0 Å². The first kappa shape index (κ1) is 21.1. The van der Waals surface area contributed by atoms with Gasteiger partial charge in [-0.2, -0.15) is 0 Å². The fourth-order valence-electron chi connectivity index (χ4n) is 2.35. The second-order valence-electron chi connectivity index (χ2n) is 7.89. The zero-order chi connectivity index (χ0) is 19.5. The molecule has 0 bridgehead atoms. The van der Waals surface area contributed by atoms with E-state index >= 15 is 0 Å². The summed E-state index contributed by atoms with van der Waals surface area (Å²) < 4.78 is 12.3. The fourth-order valence-corrected chi connectivity index (χ4v) is 4.23. The van der Waals surface area contributed by atoms with Crippen molar-refractivity contribution in [3.63, 3.8) is 0 Å². The van der Waals surface area contributed by atoms with Crippen LogP contribution in [0.3, 0.4) is 0 Å². The summed E-state index contributed by atoms with van der Waals surface area (Å²) in [7, 11) is -1.91. The molecule has 26 heavy (non-hydrogen) atoms. The molecule has 144 valence electrons. The minimum absolute atomic E-state index is 0.116. The molecule has 0 aromatic carbocycles. The summed E-state index contributed by atoms with van der Waals surface area (Å²) in [5, 5.41) is 2.10. The minimum Gasteiger partial charge on any atom is -0.445 e. The van der Waals surface area contributed by atoms with Gasteiger partial charge in [-0.15, -0.1) is 11.3 Å². The number of H-pyrrole nitrogens is 1. The van der Waals surface area contributed by atoms with Crippen molar-refractivity contribution in [2.75, 3.05) is 19.8 Å². The lowest BCUT2D eigenvalue weighted by Crippen LogP contribution is -2.46. The van der Waals surface area contributed by atoms with Gasteiger partial charge in [0.05, 0.1) is 24.9 Å². The highest BCUT2D eigenvalue weighted by Gasteiger charge is 2.39. The molecule has 1 amide bonds. The van der Waals surface area contributed by atoms with E-state index in [2.05, 4.69) is 51.5 Å². The highest BCUT2D eigenvalue weighted by molar-refractivity contribution is 7.73. The third-order valence-corrected chi connectivity index (χ3v) is 10.5. The summed E-state index contributed by atoms with van der Waals surface area (Å²) in [6.45, 7) is 15.8. The lowest BCUT2D eigenvalue weighted by molar-refractivity contribution is 0.0994. The van der Waals surface area contributed by atoms with Crippen molar-refractivity contribution in [3.05, 3.63) is 33.8 Å². The Hall–Kier alpha value is -1.22. The number of nitrogens with one attached hydrogen (secondary N) is 1. The van der Waals surface area contributed by atoms with Gasteiger partial charge >= 0.3 is 6.09 Å². The second-order valence-corrected chi connectivity index (χ2v) is 14.2. The number of carbonyl (C=O) groups excluding carboxylic acids is 1. The van der Waals surface area contributed by atoms with Gasteiger partial charge in [-0.25, -0.2) is 4.79 Å². The van der Waals surface area contributed by atoms with E-state index in [4.69, 9.17) is 21.4 Å². The molecule has 1 atom stereocenters. The molecule has 8 heteroatoms. The van der Waals surface area contributed by atoms with E-state index in [-0.39, 0.29) is 23.8 Å². The Morgan fingerprint density at radius 2 is 2.23 bits per heavy atom. The molecule has 2 rings (SSSR count). The minimum atomic E-state index is -1.91. The Labute approximate surface area is 165 Å². The Morgan fingerprint density at radius 1 is 1.54 bits per heavy atom. The normalized spacial score (nSPS) is 18.0. The van der Waals surface area contributed by atoms with Crippen LogP contribution in [0.2, 0.25) is 18.1 Å². The van der Waals surface area contributed by atoms with Crippen molar-refractivity contribution in [1.29, 1.82) is 0 Å². The topological polar surface area (TPSA) is 54.6 Å². The number of nitrogens with zero attached hydrogens (tertiary/aromatic N) is 1. The zero-order valence-corrected chi connectivity index (χ0v) is 18.8. The third kappa shape index (κ3) is 4.94. The molecule has 0 aliphatic carbocycles. The number of ether oxygens (including phenoxy) is 1. The molecule has 1 aliphatic heterocycles. The van der Waals surface area contributed by atoms with Crippen LogP contribution < -0.4 is 0 Å². The van der Waals surface area contributed by atoms with E-state index in [0.717, 1.165) is 15.2 Å². The Balaban J connectivity index is 2.18. The first-order valence-electron chi connectivity index (χ1n) is 8.62. The number of aromatic amines is 1. The van der Waals surface area contributed by atoms with Gasteiger partial charge in [0.1, 0.15) is 6.61 Å². The van der Waals surface area contributed by atoms with E-state index < -0.39 is 8.32 Å². The summed E-state index contributed by atoms with van der Waals surface area (Å²) in [6, 6.07) is -0.154. The first-order valence-corrected chi connectivity index (χ1v) is 12.8. The van der Waals surface area contributed by atoms with Gasteiger partial charge in [0.2, 0.25) is 0 Å². The summed E-state index contributed by atoms with van der Waals surface area (Å²) in [5.74, 6) is 0. The van der Waals surface area contributed by atoms with Gasteiger partial charge in [-0.3, -0.25) is 4.90 Å². The summed E-state index contributed by atoms with van der Waals surface area (Å²) in [6.07, 6.45) is 3.30. The van der Waals surface area contributed by atoms with Crippen LogP contribution in [0.25, 0.3) is 5.57 Å². The highest BCUT2D eigenvalue weighted by atomic mass is 32.1. The molecule has 5 nitrogen and oxygen atoms in total. The average molecular weight is 413 g/mol. The quantitative estimate of drug-likeness (QED) is 0.395. The Morgan fingerprint density at radius 3 is 2.77 bits per heavy atom. The molecule has 0 spiro atoms. The molecular weight excluding hydrogens is 384 g/mol. The van der Waals surface area contributed by atoms with Gasteiger partial charge < -0.3 is 14.1 Å². The molecule has 1 aliphatic rings. The third-order valence-electron chi connectivity index (χ3n) is 4.98. The maximum Gasteiger partial charge on any atom is 0.410 e. The number of hydrogen-bond donors (Lipinski definition) is 1. The molecule has 0 unspecified atom stereocenters. The average Bonchev–Trinajstić information content (AvgIpc) is 3.15. The number of thiazole rings is 1. The maximum atomic E-state index is 12.5. The first-order chi connectivity index (χ1) is 12.0. The standard InChI is InChI=1S/C18H28N2O3S2Si/c1-7-8-22-17(21)20-10-13(15-12-25-16(24)19-15)9-14(20)11-23-26(5,6)18(2,3)4/h7,9,12,14H,1,8,10-11H2,2-6H3,(H,19,24)/t14-/m1/s1. The predicted octanol–water partition coefficient (Wildman–Crippen LogP) is 5.22. The van der Waals surface area contributed by atoms with Crippen LogP contribution in [0.5, 0.6) is 0 Å². The molecule has 0 radical (unpaired) electrons. The van der Waals surface area contributed by atoms with Crippen LogP contribution in [0, 0.1) is 3.95 Å². The summed E-state index contributed by atoms with van der Waals surface area (Å²) in [5.41, 5.74) is 1.99. The molecule has 1 aromatic rings. The van der Waals surface area contributed by atoms with Gasteiger partial charge in [0, 0.05) is 5.38 Å². The van der Waals surface area contributed by atoms with Crippen LogP contribution in [0.4, 0.5) is 4.79 Å². The molecule has 0 saturated carbocycles. The van der Waals surface area contributed by atoms with Crippen LogP contribution in [0.1, 0.15) is 26.5 Å². The van der Waals surface area contributed by atoms with Crippen LogP contribution in [-0.2, 0) is 9.16 Å². The van der Waals surface area contributed by atoms with Gasteiger partial charge in [-0.1, -0.05) is 39.5 Å². The number of rotatable bonds is 6.